The largest absolute Gasteiger partial charge is 0.466 e. The van der Waals surface area contributed by atoms with Crippen LogP contribution in [-0.4, -0.2) is 47.4 Å². The number of nitrogens with one attached hydrogen (secondary N) is 1. The Labute approximate surface area is 462 Å². The minimum absolute atomic E-state index is 0.0114. The lowest BCUT2D eigenvalue weighted by Crippen LogP contribution is -2.45. The van der Waals surface area contributed by atoms with E-state index in [0.717, 1.165) is 44.9 Å². The highest BCUT2D eigenvalue weighted by Gasteiger charge is 2.18. The number of ether oxygens (including phenoxy) is 1. The van der Waals surface area contributed by atoms with E-state index in [1.54, 1.807) is 6.08 Å². The predicted molar refractivity (Wildman–Crippen MR) is 324 cm³/mol. The smallest absolute Gasteiger partial charge is 0.305 e. The standard InChI is InChI=1S/C68H131NO5/c1-3-5-7-9-11-13-15-36-40-44-48-52-56-60-66(71)65(64-70)69-67(72)61-57-53-49-45-41-38-34-32-30-28-26-24-22-20-18-17-19-21-23-25-27-29-31-33-35-39-43-47-51-55-59-63-74-68(73)62-58-54-50-46-42-37-16-14-12-10-8-6-4-2/h14,16,56,60,65-66,70-71H,3-13,15,17-55,57-59,61-64H2,1-2H3,(H,69,72)/b16-14-,60-56+. The van der Waals surface area contributed by atoms with Crippen molar-refractivity contribution < 1.29 is 24.5 Å². The number of aliphatic hydroxyl groups is 2. The molecule has 3 N–H and O–H groups in total. The number of allylic oxidation sites excluding steroid dienone is 3. The van der Waals surface area contributed by atoms with Crippen LogP contribution >= 0.6 is 0 Å². The Hall–Kier alpha value is -1.66. The molecule has 0 heterocycles. The van der Waals surface area contributed by atoms with Gasteiger partial charge in [-0.25, -0.2) is 0 Å². The second-order valence-electron chi connectivity index (χ2n) is 23.2. The number of amides is 1. The lowest BCUT2D eigenvalue weighted by molar-refractivity contribution is -0.143. The van der Waals surface area contributed by atoms with Crippen LogP contribution in [0.25, 0.3) is 0 Å². The molecule has 0 radical (unpaired) electrons. The van der Waals surface area contributed by atoms with Gasteiger partial charge in [0.15, 0.2) is 0 Å². The van der Waals surface area contributed by atoms with Gasteiger partial charge in [0.05, 0.1) is 25.4 Å². The fraction of sp³-hybridized carbons (Fsp3) is 0.912. The first-order chi connectivity index (χ1) is 36.5. The molecule has 0 rings (SSSR count). The Morgan fingerprint density at radius 2 is 0.635 bits per heavy atom. The summed E-state index contributed by atoms with van der Waals surface area (Å²) in [4.78, 5) is 24.5. The van der Waals surface area contributed by atoms with Gasteiger partial charge in [-0.15, -0.1) is 0 Å². The summed E-state index contributed by atoms with van der Waals surface area (Å²) in [5, 5.41) is 23.1. The first kappa shape index (κ1) is 72.3. The Balaban J connectivity index is 3.33. The van der Waals surface area contributed by atoms with Crippen LogP contribution in [0.3, 0.4) is 0 Å². The molecule has 0 spiro atoms. The third-order valence-electron chi connectivity index (χ3n) is 15.7. The molecule has 2 atom stereocenters. The van der Waals surface area contributed by atoms with Crippen LogP contribution in [0.1, 0.15) is 373 Å². The molecule has 438 valence electrons. The Morgan fingerprint density at radius 1 is 0.365 bits per heavy atom. The number of carbonyl (C=O) groups is 2. The van der Waals surface area contributed by atoms with Crippen molar-refractivity contribution in [2.75, 3.05) is 13.2 Å². The quantitative estimate of drug-likeness (QED) is 0.0320. The van der Waals surface area contributed by atoms with E-state index in [4.69, 9.17) is 4.74 Å². The minimum Gasteiger partial charge on any atom is -0.466 e. The molecule has 0 fully saturated rings. The number of esters is 1. The summed E-state index contributed by atoms with van der Waals surface area (Å²) in [6, 6.07) is -0.623. The summed E-state index contributed by atoms with van der Waals surface area (Å²) in [5.41, 5.74) is 0. The second-order valence-corrected chi connectivity index (χ2v) is 23.2. The Morgan fingerprint density at radius 3 is 0.973 bits per heavy atom. The van der Waals surface area contributed by atoms with Gasteiger partial charge in [-0.05, 0) is 57.8 Å². The first-order valence-corrected chi connectivity index (χ1v) is 33.6. The zero-order chi connectivity index (χ0) is 53.6. The summed E-state index contributed by atoms with van der Waals surface area (Å²) in [6.07, 6.45) is 79.7. The molecule has 0 aromatic carbocycles. The lowest BCUT2D eigenvalue weighted by atomic mass is 10.0. The van der Waals surface area contributed by atoms with E-state index in [1.165, 1.54) is 302 Å². The molecule has 0 bridgehead atoms. The topological polar surface area (TPSA) is 95.9 Å². The molecule has 0 aromatic heterocycles. The summed E-state index contributed by atoms with van der Waals surface area (Å²) < 4.78 is 5.48. The number of aliphatic hydroxyl groups excluding tert-OH is 2. The molecule has 0 aromatic rings. The molecule has 6 nitrogen and oxygen atoms in total. The van der Waals surface area contributed by atoms with Crippen LogP contribution in [0.15, 0.2) is 24.3 Å². The second kappa shape index (κ2) is 63.9. The van der Waals surface area contributed by atoms with Crippen molar-refractivity contribution in [1.29, 1.82) is 0 Å². The van der Waals surface area contributed by atoms with Crippen molar-refractivity contribution in [1.82, 2.24) is 5.32 Å². The molecule has 1 amide bonds. The van der Waals surface area contributed by atoms with Gasteiger partial charge in [-0.3, -0.25) is 9.59 Å². The van der Waals surface area contributed by atoms with Crippen LogP contribution < -0.4 is 5.32 Å². The number of hydrogen-bond acceptors (Lipinski definition) is 5. The zero-order valence-electron chi connectivity index (χ0n) is 50.1. The molecular weight excluding hydrogens is 911 g/mol. The van der Waals surface area contributed by atoms with Crippen LogP contribution in [0.4, 0.5) is 0 Å². The lowest BCUT2D eigenvalue weighted by Gasteiger charge is -2.20. The van der Waals surface area contributed by atoms with Crippen molar-refractivity contribution in [3.8, 4) is 0 Å². The summed E-state index contributed by atoms with van der Waals surface area (Å²) in [7, 11) is 0. The van der Waals surface area contributed by atoms with E-state index in [0.29, 0.717) is 19.4 Å². The highest BCUT2D eigenvalue weighted by atomic mass is 16.5. The van der Waals surface area contributed by atoms with E-state index in [2.05, 4.69) is 31.3 Å². The van der Waals surface area contributed by atoms with Crippen molar-refractivity contribution in [2.24, 2.45) is 0 Å². The molecule has 0 saturated carbocycles. The molecule has 0 aliphatic carbocycles. The maximum atomic E-state index is 12.5. The van der Waals surface area contributed by atoms with E-state index < -0.39 is 12.1 Å². The van der Waals surface area contributed by atoms with Crippen molar-refractivity contribution in [2.45, 2.75) is 386 Å². The van der Waals surface area contributed by atoms with Crippen molar-refractivity contribution >= 4 is 11.9 Å². The van der Waals surface area contributed by atoms with E-state index in [9.17, 15) is 19.8 Å². The molecule has 0 aliphatic heterocycles. The molecule has 2 unspecified atom stereocenters. The average Bonchev–Trinajstić information content (AvgIpc) is 3.40. The van der Waals surface area contributed by atoms with E-state index >= 15 is 0 Å². The van der Waals surface area contributed by atoms with Gasteiger partial charge in [0.1, 0.15) is 0 Å². The summed E-state index contributed by atoms with van der Waals surface area (Å²) in [5.74, 6) is -0.0510. The highest BCUT2D eigenvalue weighted by Crippen LogP contribution is 2.18. The van der Waals surface area contributed by atoms with Gasteiger partial charge in [-0.2, -0.15) is 0 Å². The molecular formula is C68H131NO5. The molecule has 0 saturated heterocycles. The van der Waals surface area contributed by atoms with Crippen molar-refractivity contribution in [3.05, 3.63) is 24.3 Å². The van der Waals surface area contributed by atoms with Gasteiger partial charge >= 0.3 is 5.97 Å². The van der Waals surface area contributed by atoms with Gasteiger partial charge in [0, 0.05) is 12.8 Å². The fourth-order valence-electron chi connectivity index (χ4n) is 10.6. The molecule has 6 heteroatoms. The van der Waals surface area contributed by atoms with Crippen LogP contribution in [0.2, 0.25) is 0 Å². The number of rotatable bonds is 63. The SMILES string of the molecule is CCCCCC/C=C\CCCCCCCC(=O)OCCCCCCCCCCCCCCCCCCCCCCCCCCCCCCCCCC(=O)NC(CO)C(O)/C=C/CCCCCCCCCCCCC. The number of carbonyl (C=O) groups excluding carboxylic acids is 2. The van der Waals surface area contributed by atoms with E-state index in [-0.39, 0.29) is 18.5 Å². The average molecular weight is 1040 g/mol. The highest BCUT2D eigenvalue weighted by molar-refractivity contribution is 5.76. The van der Waals surface area contributed by atoms with Crippen LogP contribution in [0, 0.1) is 0 Å². The molecule has 74 heavy (non-hydrogen) atoms. The normalized spacial score (nSPS) is 12.6. The first-order valence-electron chi connectivity index (χ1n) is 33.6. The third-order valence-corrected chi connectivity index (χ3v) is 15.7. The molecule has 0 aliphatic rings. The monoisotopic (exact) mass is 1040 g/mol. The fourth-order valence-corrected chi connectivity index (χ4v) is 10.6. The van der Waals surface area contributed by atoms with Gasteiger partial charge in [-0.1, -0.05) is 327 Å². The van der Waals surface area contributed by atoms with Gasteiger partial charge in [0.25, 0.3) is 0 Å². The number of hydrogen-bond donors (Lipinski definition) is 3. The Kier molecular flexibility index (Phi) is 62.4. The minimum atomic E-state index is -0.840. The summed E-state index contributed by atoms with van der Waals surface area (Å²) in [6.45, 7) is 4.91. The zero-order valence-corrected chi connectivity index (χ0v) is 50.1. The van der Waals surface area contributed by atoms with Crippen molar-refractivity contribution in [3.63, 3.8) is 0 Å². The van der Waals surface area contributed by atoms with Crippen LogP contribution in [0.5, 0.6) is 0 Å². The maximum absolute atomic E-state index is 12.5. The third kappa shape index (κ3) is 59.6. The summed E-state index contributed by atoms with van der Waals surface area (Å²) >= 11 is 0. The predicted octanol–water partition coefficient (Wildman–Crippen LogP) is 21.4. The van der Waals surface area contributed by atoms with Gasteiger partial charge in [0.2, 0.25) is 5.91 Å². The van der Waals surface area contributed by atoms with Crippen LogP contribution in [-0.2, 0) is 14.3 Å². The number of unbranched alkanes of at least 4 members (excludes halogenated alkanes) is 50. The maximum Gasteiger partial charge on any atom is 0.305 e. The van der Waals surface area contributed by atoms with E-state index in [1.807, 2.05) is 6.08 Å². The Bertz CT molecular complexity index is 1150. The van der Waals surface area contributed by atoms with Gasteiger partial charge < -0.3 is 20.3 Å².